The molecule has 1 aliphatic rings. The van der Waals surface area contributed by atoms with Gasteiger partial charge in [0.15, 0.2) is 5.78 Å². The van der Waals surface area contributed by atoms with Crippen molar-refractivity contribution in [3.8, 4) is 11.8 Å². The van der Waals surface area contributed by atoms with Gasteiger partial charge >= 0.3 is 0 Å². The van der Waals surface area contributed by atoms with Crippen molar-refractivity contribution in [2.24, 2.45) is 5.41 Å². The Morgan fingerprint density at radius 1 is 0.959 bits per heavy atom. The van der Waals surface area contributed by atoms with E-state index in [-0.39, 0.29) is 23.5 Å². The Kier molecular flexibility index (Phi) is 9.88. The van der Waals surface area contributed by atoms with Gasteiger partial charge in [-0.05, 0) is 68.1 Å². The number of methoxy groups -OCH3 is 1. The van der Waals surface area contributed by atoms with E-state index in [4.69, 9.17) is 4.74 Å². The maximum absolute atomic E-state index is 14.8. The summed E-state index contributed by atoms with van der Waals surface area (Å²) in [5.41, 5.74) is 1.88. The van der Waals surface area contributed by atoms with Gasteiger partial charge in [-0.25, -0.2) is 0 Å². The number of carbonyl (C=O) groups is 4. The summed E-state index contributed by atoms with van der Waals surface area (Å²) in [6.07, 6.45) is 0. The van der Waals surface area contributed by atoms with Crippen molar-refractivity contribution >= 4 is 45.7 Å². The van der Waals surface area contributed by atoms with Crippen LogP contribution in [-0.2, 0) is 16.1 Å². The highest BCUT2D eigenvalue weighted by atomic mass is 16.5. The number of Topliss-reactive ketones (excluding diaryl/α,β-unsaturated/α-hetero) is 1. The van der Waals surface area contributed by atoms with Crippen LogP contribution in [0.2, 0.25) is 0 Å². The van der Waals surface area contributed by atoms with Crippen LogP contribution in [0.25, 0.3) is 10.8 Å². The van der Waals surface area contributed by atoms with E-state index in [0.29, 0.717) is 22.7 Å². The van der Waals surface area contributed by atoms with Gasteiger partial charge in [0.25, 0.3) is 11.8 Å². The van der Waals surface area contributed by atoms with Crippen LogP contribution in [0.3, 0.4) is 0 Å². The van der Waals surface area contributed by atoms with E-state index in [1.54, 1.807) is 75.4 Å². The second kappa shape index (κ2) is 13.9. The van der Waals surface area contributed by atoms with Crippen LogP contribution in [0.5, 0.6) is 5.75 Å². The largest absolute Gasteiger partial charge is 0.496 e. The lowest BCUT2D eigenvalue weighted by Crippen LogP contribution is -2.59. The first-order valence-electron chi connectivity index (χ1n) is 16.2. The molecule has 0 fully saturated rings. The van der Waals surface area contributed by atoms with Crippen LogP contribution >= 0.6 is 0 Å². The Morgan fingerprint density at radius 2 is 1.63 bits per heavy atom. The van der Waals surface area contributed by atoms with Crippen molar-refractivity contribution in [1.29, 1.82) is 5.26 Å². The fourth-order valence-electron chi connectivity index (χ4n) is 6.09. The van der Waals surface area contributed by atoms with E-state index >= 15 is 0 Å². The first-order chi connectivity index (χ1) is 23.3. The third-order valence-corrected chi connectivity index (χ3v) is 9.03. The molecule has 0 aromatic heterocycles. The molecule has 10 heteroatoms. The number of nitrogens with zero attached hydrogens (tertiary/aromatic N) is 3. The number of nitrogens with one attached hydrogen (secondary N) is 2. The molecule has 49 heavy (non-hydrogen) atoms. The molecule has 5 rings (SSSR count). The Hall–Kier alpha value is -5.53. The second-order valence-corrected chi connectivity index (χ2v) is 13.3. The average Bonchev–Trinajstić information content (AvgIpc) is 3.18. The Bertz CT molecular complexity index is 1970. The monoisotopic (exact) mass is 659 g/mol. The molecule has 10 nitrogen and oxygen atoms in total. The molecule has 0 radical (unpaired) electrons. The molecule has 4 aromatic carbocycles. The minimum Gasteiger partial charge on any atom is -0.496 e. The zero-order chi connectivity index (χ0) is 35.6. The molecule has 2 N–H and O–H groups in total. The van der Waals surface area contributed by atoms with E-state index in [1.807, 2.05) is 57.2 Å². The van der Waals surface area contributed by atoms with Crippen LogP contribution in [0.4, 0.5) is 11.4 Å². The molecule has 3 unspecified atom stereocenters. The average molecular weight is 660 g/mol. The zero-order valence-corrected chi connectivity index (χ0v) is 28.8. The molecule has 3 atom stereocenters. The summed E-state index contributed by atoms with van der Waals surface area (Å²) in [5.74, 6) is -0.814. The number of hydrogen-bond acceptors (Lipinski definition) is 7. The number of amides is 3. The number of fused-ring (bicyclic) bond motifs is 2. The smallest absolute Gasteiger partial charge is 0.258 e. The Morgan fingerprint density at radius 3 is 2.27 bits per heavy atom. The molecule has 0 aliphatic carbocycles. The van der Waals surface area contributed by atoms with E-state index in [0.717, 1.165) is 16.3 Å². The van der Waals surface area contributed by atoms with Crippen molar-refractivity contribution < 1.29 is 23.9 Å². The highest BCUT2D eigenvalue weighted by molar-refractivity contribution is 6.14. The van der Waals surface area contributed by atoms with Gasteiger partial charge in [0.2, 0.25) is 5.91 Å². The molecular formula is C39H41N5O5. The van der Waals surface area contributed by atoms with Crippen molar-refractivity contribution in [2.75, 3.05) is 24.0 Å². The van der Waals surface area contributed by atoms with Crippen LogP contribution < -0.4 is 25.2 Å². The number of benzene rings is 4. The summed E-state index contributed by atoms with van der Waals surface area (Å²) < 4.78 is 5.76. The van der Waals surface area contributed by atoms with Gasteiger partial charge in [0.05, 0.1) is 48.7 Å². The summed E-state index contributed by atoms with van der Waals surface area (Å²) in [6, 6.07) is 22.3. The topological polar surface area (TPSA) is 132 Å². The maximum Gasteiger partial charge on any atom is 0.258 e. The summed E-state index contributed by atoms with van der Waals surface area (Å²) in [6.45, 7) is 8.92. The molecule has 4 aromatic rings. The number of hydrogen-bond donors (Lipinski definition) is 2. The van der Waals surface area contributed by atoms with Crippen LogP contribution in [0.15, 0.2) is 78.9 Å². The quantitative estimate of drug-likeness (QED) is 0.235. The van der Waals surface area contributed by atoms with Crippen molar-refractivity contribution in [1.82, 2.24) is 10.6 Å². The predicted octanol–water partition coefficient (Wildman–Crippen LogP) is 5.62. The number of ketones is 1. The number of nitriles is 1. The Labute approximate surface area is 286 Å². The molecule has 0 saturated heterocycles. The molecule has 0 saturated carbocycles. The second-order valence-electron chi connectivity index (χ2n) is 13.3. The highest BCUT2D eigenvalue weighted by Gasteiger charge is 2.43. The molecule has 3 amide bonds. The van der Waals surface area contributed by atoms with Crippen molar-refractivity contribution in [2.45, 2.75) is 59.3 Å². The molecule has 0 bridgehead atoms. The van der Waals surface area contributed by atoms with Gasteiger partial charge in [-0.2, -0.15) is 5.26 Å². The van der Waals surface area contributed by atoms with E-state index in [9.17, 15) is 24.4 Å². The first kappa shape index (κ1) is 34.8. The van der Waals surface area contributed by atoms with Crippen molar-refractivity contribution in [3.63, 3.8) is 0 Å². The number of likely N-dealkylation sites (N-methyl/N-ethyl adjacent to an activating group) is 1. The van der Waals surface area contributed by atoms with Gasteiger partial charge < -0.3 is 25.2 Å². The number of carbonyl (C=O) groups excluding carboxylic acids is 4. The van der Waals surface area contributed by atoms with E-state index in [2.05, 4.69) is 16.7 Å². The highest BCUT2D eigenvalue weighted by Crippen LogP contribution is 2.40. The lowest BCUT2D eigenvalue weighted by atomic mass is 9.86. The SMILES string of the molecule is CNC(C)C(=O)NC1C(=O)N(Cc2c(OC)ccc3ccccc23)c2ccc(C#N)cc2N(C(=O)c2ccc(C(=O)C(C)(C)C)cc2)C1C. The van der Waals surface area contributed by atoms with E-state index < -0.39 is 41.3 Å². The molecular weight excluding hydrogens is 618 g/mol. The van der Waals surface area contributed by atoms with Crippen LogP contribution in [0, 0.1) is 16.7 Å². The van der Waals surface area contributed by atoms with Gasteiger partial charge in [0.1, 0.15) is 11.8 Å². The molecule has 0 spiro atoms. The summed E-state index contributed by atoms with van der Waals surface area (Å²) in [7, 11) is 3.21. The minimum absolute atomic E-state index is 0.0502. The van der Waals surface area contributed by atoms with Crippen LogP contribution in [0.1, 0.15) is 66.5 Å². The fourth-order valence-corrected chi connectivity index (χ4v) is 6.09. The minimum atomic E-state index is -1.17. The van der Waals surface area contributed by atoms with Crippen molar-refractivity contribution in [3.05, 3.63) is 101 Å². The fraction of sp³-hybridized carbons (Fsp3) is 0.308. The number of ether oxygens (including phenoxy) is 1. The number of rotatable bonds is 8. The lowest BCUT2D eigenvalue weighted by molar-refractivity contribution is -0.128. The normalized spacial score (nSPS) is 16.7. The predicted molar refractivity (Wildman–Crippen MR) is 190 cm³/mol. The van der Waals surface area contributed by atoms with Gasteiger partial charge in [-0.1, -0.05) is 63.2 Å². The standard InChI is InChI=1S/C39H41N5O5/c1-23(41-6)36(46)42-34-24(2)44(37(47)28-15-13-27(14-16-28)35(45)39(3,4)5)32-20-25(21-40)12-18-31(32)43(38(34)48)22-30-29-11-9-8-10-26(29)17-19-33(30)49-7/h8-20,23-24,34,41H,22H2,1-7H3,(H,42,46). The molecule has 1 heterocycles. The third kappa shape index (κ3) is 6.76. The van der Waals surface area contributed by atoms with E-state index in [1.165, 1.54) is 4.90 Å². The molecule has 1 aliphatic heterocycles. The van der Waals surface area contributed by atoms with Gasteiger partial charge in [-0.15, -0.1) is 0 Å². The van der Waals surface area contributed by atoms with Gasteiger partial charge in [-0.3, -0.25) is 19.2 Å². The Balaban J connectivity index is 1.70. The first-order valence-corrected chi connectivity index (χ1v) is 16.2. The summed E-state index contributed by atoms with van der Waals surface area (Å²) in [5, 5.41) is 17.6. The zero-order valence-electron chi connectivity index (χ0n) is 28.8. The van der Waals surface area contributed by atoms with Gasteiger partial charge in [0, 0.05) is 22.1 Å². The number of anilines is 2. The van der Waals surface area contributed by atoms with Crippen LogP contribution in [-0.4, -0.2) is 55.8 Å². The third-order valence-electron chi connectivity index (χ3n) is 9.03. The molecule has 252 valence electrons. The summed E-state index contributed by atoms with van der Waals surface area (Å²) >= 11 is 0. The lowest BCUT2D eigenvalue weighted by Gasteiger charge is -2.33. The summed E-state index contributed by atoms with van der Waals surface area (Å²) in [4.78, 5) is 58.6. The maximum atomic E-state index is 14.8.